The molecule has 1 aromatic rings. The van der Waals surface area contributed by atoms with Crippen LogP contribution in [0.3, 0.4) is 0 Å². The largest absolute Gasteiger partial charge is 0.398 e. The lowest BCUT2D eigenvalue weighted by Gasteiger charge is -2.18. The number of anilines is 1. The van der Waals surface area contributed by atoms with Crippen molar-refractivity contribution in [2.24, 2.45) is 0 Å². The van der Waals surface area contributed by atoms with Crippen molar-refractivity contribution in [3.8, 4) is 0 Å². The Bertz CT molecular complexity index is 456. The molecular weight excluding hydrogens is 178 g/mol. The van der Waals surface area contributed by atoms with Gasteiger partial charge in [-0.25, -0.2) is 4.79 Å². The van der Waals surface area contributed by atoms with Crippen molar-refractivity contribution in [2.45, 2.75) is 6.10 Å². The van der Waals surface area contributed by atoms with E-state index >= 15 is 0 Å². The fraction of sp³-hybridized carbons (Fsp3) is 0.0909. The van der Waals surface area contributed by atoms with Crippen LogP contribution < -0.4 is 5.73 Å². The van der Waals surface area contributed by atoms with Gasteiger partial charge in [0.15, 0.2) is 0 Å². The van der Waals surface area contributed by atoms with Crippen LogP contribution in [0.25, 0.3) is 6.08 Å². The molecule has 0 bridgehead atoms. The third-order valence-corrected chi connectivity index (χ3v) is 2.31. The molecule has 1 atom stereocenters. The highest BCUT2D eigenvalue weighted by Crippen LogP contribution is 2.33. The Morgan fingerprint density at radius 3 is 2.86 bits per heavy atom. The van der Waals surface area contributed by atoms with E-state index in [4.69, 9.17) is 5.73 Å². The maximum Gasteiger partial charge on any atom is 0.131 e. The number of aliphatic hydroxyl groups excluding tert-OH is 1. The van der Waals surface area contributed by atoms with Crippen LogP contribution in [-0.4, -0.2) is 11.0 Å². The van der Waals surface area contributed by atoms with Gasteiger partial charge in [-0.05, 0) is 17.7 Å². The molecule has 2 rings (SSSR count). The van der Waals surface area contributed by atoms with Crippen LogP contribution in [0.4, 0.5) is 5.69 Å². The van der Waals surface area contributed by atoms with Crippen molar-refractivity contribution in [3.05, 3.63) is 41.0 Å². The zero-order valence-corrected chi connectivity index (χ0v) is 7.40. The number of fused-ring (bicyclic) bond motifs is 1. The lowest BCUT2D eigenvalue weighted by molar-refractivity contribution is 0.219. The van der Waals surface area contributed by atoms with Crippen LogP contribution in [0.15, 0.2) is 29.8 Å². The molecule has 3 heteroatoms. The van der Waals surface area contributed by atoms with Gasteiger partial charge in [-0.15, -0.1) is 0 Å². The topological polar surface area (TPSA) is 63.3 Å². The Morgan fingerprint density at radius 1 is 1.36 bits per heavy atom. The number of nitrogen functional groups attached to an aromatic ring is 1. The molecule has 0 heterocycles. The summed E-state index contributed by atoms with van der Waals surface area (Å²) in [6.45, 7) is 0. The van der Waals surface area contributed by atoms with Gasteiger partial charge in [0, 0.05) is 11.3 Å². The van der Waals surface area contributed by atoms with Gasteiger partial charge in [-0.3, -0.25) is 0 Å². The molecule has 1 unspecified atom stereocenters. The van der Waals surface area contributed by atoms with Gasteiger partial charge >= 0.3 is 0 Å². The van der Waals surface area contributed by atoms with E-state index in [2.05, 4.69) is 0 Å². The molecule has 0 saturated carbocycles. The molecule has 0 aliphatic heterocycles. The van der Waals surface area contributed by atoms with Gasteiger partial charge in [0.1, 0.15) is 12.0 Å². The summed E-state index contributed by atoms with van der Waals surface area (Å²) >= 11 is 0. The zero-order chi connectivity index (χ0) is 10.1. The first-order valence-electron chi connectivity index (χ1n) is 4.23. The SMILES string of the molecule is Nc1cccc2c1C=CC(=C=O)C2O. The second kappa shape index (κ2) is 3.14. The summed E-state index contributed by atoms with van der Waals surface area (Å²) < 4.78 is 0. The molecule has 0 spiro atoms. The molecular formula is C11H9NO2. The van der Waals surface area contributed by atoms with Gasteiger partial charge < -0.3 is 10.8 Å². The molecule has 1 aliphatic rings. The van der Waals surface area contributed by atoms with Crippen LogP contribution in [0, 0.1) is 0 Å². The molecule has 0 fully saturated rings. The first-order valence-corrected chi connectivity index (χ1v) is 4.23. The fourth-order valence-electron chi connectivity index (χ4n) is 1.55. The van der Waals surface area contributed by atoms with Crippen molar-refractivity contribution in [3.63, 3.8) is 0 Å². The molecule has 1 aromatic carbocycles. The quantitative estimate of drug-likeness (QED) is 0.472. The maximum absolute atomic E-state index is 10.5. The van der Waals surface area contributed by atoms with E-state index in [1.165, 1.54) is 6.08 Å². The number of carbonyl (C=O) groups excluding carboxylic acids is 1. The summed E-state index contributed by atoms with van der Waals surface area (Å²) in [4.78, 5) is 10.5. The molecule has 0 amide bonds. The minimum Gasteiger partial charge on any atom is -0.398 e. The molecule has 0 saturated heterocycles. The number of nitrogens with two attached hydrogens (primary N) is 1. The fourth-order valence-corrected chi connectivity index (χ4v) is 1.55. The standard InChI is InChI=1S/C11H9NO2/c12-10-3-1-2-9-8(10)5-4-7(6-13)11(9)14/h1-5,11,14H,12H2. The number of benzene rings is 1. The second-order valence-electron chi connectivity index (χ2n) is 3.14. The Hall–Kier alpha value is -1.83. The number of aliphatic hydroxyl groups is 1. The molecule has 0 aromatic heterocycles. The van der Waals surface area contributed by atoms with Gasteiger partial charge in [-0.1, -0.05) is 18.2 Å². The number of rotatable bonds is 0. The second-order valence-corrected chi connectivity index (χ2v) is 3.14. The van der Waals surface area contributed by atoms with E-state index < -0.39 is 6.10 Å². The Morgan fingerprint density at radius 2 is 2.14 bits per heavy atom. The summed E-state index contributed by atoms with van der Waals surface area (Å²) in [5.41, 5.74) is 7.99. The van der Waals surface area contributed by atoms with E-state index in [-0.39, 0.29) is 5.57 Å². The van der Waals surface area contributed by atoms with Crippen LogP contribution in [-0.2, 0) is 4.79 Å². The van der Waals surface area contributed by atoms with Crippen molar-refractivity contribution in [1.29, 1.82) is 0 Å². The van der Waals surface area contributed by atoms with Crippen molar-refractivity contribution < 1.29 is 9.90 Å². The number of hydrogen-bond donors (Lipinski definition) is 2. The van der Waals surface area contributed by atoms with Crippen LogP contribution in [0.5, 0.6) is 0 Å². The highest BCUT2D eigenvalue weighted by atomic mass is 16.3. The third kappa shape index (κ3) is 1.16. The highest BCUT2D eigenvalue weighted by Gasteiger charge is 2.20. The lowest BCUT2D eigenvalue weighted by Crippen LogP contribution is -2.08. The molecule has 3 N–H and O–H groups in total. The number of hydrogen-bond acceptors (Lipinski definition) is 3. The summed E-state index contributed by atoms with van der Waals surface area (Å²) in [5.74, 6) is 1.70. The summed E-state index contributed by atoms with van der Waals surface area (Å²) in [7, 11) is 0. The van der Waals surface area contributed by atoms with Crippen molar-refractivity contribution in [1.82, 2.24) is 0 Å². The summed E-state index contributed by atoms with van der Waals surface area (Å²) in [5, 5.41) is 9.74. The Balaban J connectivity index is 2.66. The third-order valence-electron chi connectivity index (χ3n) is 2.31. The highest BCUT2D eigenvalue weighted by molar-refractivity contribution is 5.77. The van der Waals surface area contributed by atoms with Gasteiger partial charge in [-0.2, -0.15) is 0 Å². The van der Waals surface area contributed by atoms with Gasteiger partial charge in [0.25, 0.3) is 0 Å². The Kier molecular flexibility index (Phi) is 1.97. The predicted molar refractivity (Wildman–Crippen MR) is 54.1 cm³/mol. The van der Waals surface area contributed by atoms with E-state index in [0.717, 1.165) is 5.56 Å². The average molecular weight is 187 g/mol. The van der Waals surface area contributed by atoms with E-state index in [0.29, 0.717) is 11.3 Å². The smallest absolute Gasteiger partial charge is 0.131 e. The molecule has 3 nitrogen and oxygen atoms in total. The summed E-state index contributed by atoms with van der Waals surface area (Å²) in [6.07, 6.45) is 2.35. The summed E-state index contributed by atoms with van der Waals surface area (Å²) in [6, 6.07) is 5.25. The van der Waals surface area contributed by atoms with Crippen LogP contribution in [0.1, 0.15) is 17.2 Å². The molecule has 0 radical (unpaired) electrons. The van der Waals surface area contributed by atoms with E-state index in [9.17, 15) is 9.90 Å². The monoisotopic (exact) mass is 187 g/mol. The van der Waals surface area contributed by atoms with E-state index in [1.807, 2.05) is 0 Å². The maximum atomic E-state index is 10.5. The molecule has 14 heavy (non-hydrogen) atoms. The minimum atomic E-state index is -0.906. The van der Waals surface area contributed by atoms with Crippen molar-refractivity contribution >= 4 is 17.7 Å². The molecule has 70 valence electrons. The van der Waals surface area contributed by atoms with Gasteiger partial charge in [0.05, 0.1) is 5.57 Å². The minimum absolute atomic E-state index is 0.239. The predicted octanol–water partition coefficient (Wildman–Crippen LogP) is 1.09. The van der Waals surface area contributed by atoms with E-state index in [1.54, 1.807) is 30.2 Å². The lowest BCUT2D eigenvalue weighted by atomic mass is 9.91. The van der Waals surface area contributed by atoms with Crippen molar-refractivity contribution in [2.75, 3.05) is 5.73 Å². The average Bonchev–Trinajstić information content (AvgIpc) is 2.20. The molecule has 1 aliphatic carbocycles. The first-order chi connectivity index (χ1) is 6.74. The normalized spacial score (nSPS) is 18.9. The van der Waals surface area contributed by atoms with Crippen LogP contribution >= 0.6 is 0 Å². The zero-order valence-electron chi connectivity index (χ0n) is 7.40. The van der Waals surface area contributed by atoms with Crippen LogP contribution in [0.2, 0.25) is 0 Å². The van der Waals surface area contributed by atoms with Gasteiger partial charge in [0.2, 0.25) is 0 Å². The first kappa shape index (κ1) is 8.75. The Labute approximate surface area is 81.2 Å².